The van der Waals surface area contributed by atoms with Gasteiger partial charge < -0.3 is 5.32 Å². The first-order valence-corrected chi connectivity index (χ1v) is 7.36. The van der Waals surface area contributed by atoms with Gasteiger partial charge in [0.1, 0.15) is 5.00 Å². The smallest absolute Gasteiger partial charge is 0.225 e. The van der Waals surface area contributed by atoms with E-state index in [1.807, 2.05) is 0 Å². The Morgan fingerprint density at radius 3 is 2.74 bits per heavy atom. The third kappa shape index (κ3) is 4.83. The van der Waals surface area contributed by atoms with Crippen LogP contribution in [0.25, 0.3) is 0 Å². The van der Waals surface area contributed by atoms with Crippen molar-refractivity contribution < 1.29 is 4.79 Å². The molecule has 1 aromatic heterocycles. The molecule has 0 aliphatic heterocycles. The number of benzene rings is 1. The van der Waals surface area contributed by atoms with E-state index >= 15 is 0 Å². The van der Waals surface area contributed by atoms with Crippen molar-refractivity contribution in [3.05, 3.63) is 47.1 Å². The molecule has 1 N–H and O–H groups in total. The first-order chi connectivity index (χ1) is 9.24. The monoisotopic (exact) mass is 274 g/mol. The molecule has 1 aromatic carbocycles. The van der Waals surface area contributed by atoms with Crippen molar-refractivity contribution in [1.82, 2.24) is 4.98 Å². The van der Waals surface area contributed by atoms with Crippen LogP contribution in [0.1, 0.15) is 30.4 Å². The Balaban J connectivity index is 1.64. The number of carbonyl (C=O) groups is 1. The number of rotatable bonds is 6. The Labute approximate surface area is 117 Å². The molecule has 3 nitrogen and oxygen atoms in total. The summed E-state index contributed by atoms with van der Waals surface area (Å²) in [5.41, 5.74) is 4.34. The van der Waals surface area contributed by atoms with Gasteiger partial charge in [-0.15, -0.1) is 11.3 Å². The number of hydrogen-bond donors (Lipinski definition) is 1. The number of anilines is 1. The van der Waals surface area contributed by atoms with Crippen LogP contribution in [0.5, 0.6) is 0 Å². The van der Waals surface area contributed by atoms with Crippen LogP contribution in [-0.2, 0) is 11.2 Å². The Morgan fingerprint density at radius 2 is 2.05 bits per heavy atom. The molecule has 100 valence electrons. The van der Waals surface area contributed by atoms with E-state index in [-0.39, 0.29) is 5.91 Å². The summed E-state index contributed by atoms with van der Waals surface area (Å²) in [6.07, 6.45) is 5.24. The summed E-state index contributed by atoms with van der Waals surface area (Å²) >= 11 is 1.45. The van der Waals surface area contributed by atoms with Gasteiger partial charge in [0.05, 0.1) is 11.7 Å². The zero-order valence-corrected chi connectivity index (χ0v) is 11.9. The lowest BCUT2D eigenvalue weighted by molar-refractivity contribution is -0.116. The van der Waals surface area contributed by atoms with Gasteiger partial charge in [-0.05, 0) is 31.7 Å². The van der Waals surface area contributed by atoms with E-state index in [0.29, 0.717) is 6.42 Å². The highest BCUT2D eigenvalue weighted by molar-refractivity contribution is 7.13. The molecule has 0 saturated heterocycles. The highest BCUT2D eigenvalue weighted by Crippen LogP contribution is 2.13. The first kappa shape index (κ1) is 13.7. The van der Waals surface area contributed by atoms with Gasteiger partial charge in [-0.25, -0.2) is 0 Å². The molecule has 0 aliphatic carbocycles. The quantitative estimate of drug-likeness (QED) is 0.814. The maximum Gasteiger partial charge on any atom is 0.225 e. The second-order valence-corrected chi connectivity index (χ2v) is 5.49. The molecule has 0 saturated carbocycles. The Bertz CT molecular complexity index is 505. The zero-order valence-electron chi connectivity index (χ0n) is 11.1. The molecule has 0 bridgehead atoms. The highest BCUT2D eigenvalue weighted by atomic mass is 32.1. The number of unbranched alkanes of at least 4 members (excludes halogenated alkanes) is 1. The molecule has 19 heavy (non-hydrogen) atoms. The van der Waals surface area contributed by atoms with E-state index in [1.165, 1.54) is 22.5 Å². The van der Waals surface area contributed by atoms with Crippen LogP contribution >= 0.6 is 11.3 Å². The number of nitrogens with zero attached hydrogens (tertiary/aromatic N) is 1. The number of aromatic nitrogens is 1. The lowest BCUT2D eigenvalue weighted by Crippen LogP contribution is -2.10. The molecule has 1 heterocycles. The number of hydrogen-bond acceptors (Lipinski definition) is 3. The van der Waals surface area contributed by atoms with Crippen LogP contribution in [0.4, 0.5) is 5.00 Å². The van der Waals surface area contributed by atoms with E-state index in [2.05, 4.69) is 41.5 Å². The van der Waals surface area contributed by atoms with Gasteiger partial charge in [0.25, 0.3) is 0 Å². The average Bonchev–Trinajstić information content (AvgIpc) is 2.89. The molecule has 4 heteroatoms. The molecule has 0 spiro atoms. The molecule has 2 aromatic rings. The summed E-state index contributed by atoms with van der Waals surface area (Å²) in [6, 6.07) is 8.58. The van der Waals surface area contributed by atoms with E-state index in [0.717, 1.165) is 24.3 Å². The van der Waals surface area contributed by atoms with Gasteiger partial charge in [0.2, 0.25) is 5.91 Å². The van der Waals surface area contributed by atoms with E-state index < -0.39 is 0 Å². The fourth-order valence-electron chi connectivity index (χ4n) is 1.85. The molecule has 0 atom stereocenters. The maximum atomic E-state index is 11.6. The molecule has 0 fully saturated rings. The molecule has 0 aliphatic rings. The van der Waals surface area contributed by atoms with Crippen molar-refractivity contribution in [3.63, 3.8) is 0 Å². The second kappa shape index (κ2) is 7.04. The zero-order chi connectivity index (χ0) is 13.5. The van der Waals surface area contributed by atoms with Crippen molar-refractivity contribution in [3.8, 4) is 0 Å². The number of thiazole rings is 1. The fourth-order valence-corrected chi connectivity index (χ4v) is 2.38. The van der Waals surface area contributed by atoms with Gasteiger partial charge >= 0.3 is 0 Å². The lowest BCUT2D eigenvalue weighted by Gasteiger charge is -2.03. The predicted octanol–water partition coefficient (Wildman–Crippen LogP) is 3.80. The summed E-state index contributed by atoms with van der Waals surface area (Å²) in [6.45, 7) is 2.09. The molecule has 0 unspecified atom stereocenters. The summed E-state index contributed by atoms with van der Waals surface area (Å²) in [7, 11) is 0. The van der Waals surface area contributed by atoms with Crippen molar-refractivity contribution in [2.24, 2.45) is 0 Å². The largest absolute Gasteiger partial charge is 0.316 e. The predicted molar refractivity (Wildman–Crippen MR) is 79.5 cm³/mol. The van der Waals surface area contributed by atoms with Gasteiger partial charge in [-0.3, -0.25) is 9.78 Å². The molecular weight excluding hydrogens is 256 g/mol. The lowest BCUT2D eigenvalue weighted by atomic mass is 10.1. The third-order valence-corrected chi connectivity index (χ3v) is 3.62. The van der Waals surface area contributed by atoms with E-state index in [4.69, 9.17) is 0 Å². The Hall–Kier alpha value is -1.68. The summed E-state index contributed by atoms with van der Waals surface area (Å²) in [5, 5.41) is 3.67. The van der Waals surface area contributed by atoms with Crippen LogP contribution in [0.3, 0.4) is 0 Å². The van der Waals surface area contributed by atoms with E-state index in [1.54, 1.807) is 11.7 Å². The van der Waals surface area contributed by atoms with E-state index in [9.17, 15) is 4.79 Å². The van der Waals surface area contributed by atoms with Gasteiger partial charge in [-0.2, -0.15) is 0 Å². The maximum absolute atomic E-state index is 11.6. The number of nitrogens with one attached hydrogen (secondary N) is 1. The third-order valence-electron chi connectivity index (χ3n) is 2.93. The average molecular weight is 274 g/mol. The van der Waals surface area contributed by atoms with Crippen molar-refractivity contribution >= 4 is 22.2 Å². The van der Waals surface area contributed by atoms with Gasteiger partial charge in [0.15, 0.2) is 0 Å². The van der Waals surface area contributed by atoms with Crippen LogP contribution in [0, 0.1) is 6.92 Å². The highest BCUT2D eigenvalue weighted by Gasteiger charge is 2.03. The SMILES string of the molecule is Cc1ccc(CCCCC(=O)Nc2cncs2)cc1. The molecular formula is C15H18N2OS. The van der Waals surface area contributed by atoms with Crippen LogP contribution in [0.15, 0.2) is 36.0 Å². The number of amides is 1. The van der Waals surface area contributed by atoms with Crippen LogP contribution in [-0.4, -0.2) is 10.9 Å². The summed E-state index contributed by atoms with van der Waals surface area (Å²) in [5.74, 6) is 0.0770. The van der Waals surface area contributed by atoms with Crippen molar-refractivity contribution in [2.45, 2.75) is 32.6 Å². The molecule has 1 amide bonds. The molecule has 2 rings (SSSR count). The minimum absolute atomic E-state index is 0.0770. The number of aryl methyl sites for hydroxylation is 2. The summed E-state index contributed by atoms with van der Waals surface area (Å²) < 4.78 is 0. The van der Waals surface area contributed by atoms with Crippen molar-refractivity contribution in [1.29, 1.82) is 0 Å². The Morgan fingerprint density at radius 1 is 1.26 bits per heavy atom. The second-order valence-electron chi connectivity index (χ2n) is 4.61. The van der Waals surface area contributed by atoms with Crippen LogP contribution in [0.2, 0.25) is 0 Å². The Kier molecular flexibility index (Phi) is 5.10. The minimum Gasteiger partial charge on any atom is -0.316 e. The first-order valence-electron chi connectivity index (χ1n) is 6.48. The van der Waals surface area contributed by atoms with Gasteiger partial charge in [0, 0.05) is 6.42 Å². The van der Waals surface area contributed by atoms with Gasteiger partial charge in [-0.1, -0.05) is 29.8 Å². The normalized spacial score (nSPS) is 10.4. The standard InChI is InChI=1S/C15H18N2OS/c1-12-6-8-13(9-7-12)4-2-3-5-14(18)17-15-10-16-11-19-15/h6-11H,2-5H2,1H3,(H,17,18). The van der Waals surface area contributed by atoms with Crippen LogP contribution < -0.4 is 5.32 Å². The fraction of sp³-hybridized carbons (Fsp3) is 0.333. The topological polar surface area (TPSA) is 42.0 Å². The number of carbonyl (C=O) groups excluding carboxylic acids is 1. The summed E-state index contributed by atoms with van der Waals surface area (Å²) in [4.78, 5) is 15.6. The molecule has 0 radical (unpaired) electrons. The van der Waals surface area contributed by atoms with Crippen molar-refractivity contribution in [2.75, 3.05) is 5.32 Å². The minimum atomic E-state index is 0.0770.